The van der Waals surface area contributed by atoms with Crippen molar-refractivity contribution in [3.05, 3.63) is 34.3 Å². The maximum atomic E-state index is 10.4. The normalized spacial score (nSPS) is 10.8. The van der Waals surface area contributed by atoms with Crippen molar-refractivity contribution in [2.75, 3.05) is 21.1 Å². The van der Waals surface area contributed by atoms with Gasteiger partial charge in [0.05, 0.1) is 11.1 Å². The predicted molar refractivity (Wildman–Crippen MR) is 47.0 cm³/mol. The molecule has 0 radical (unpaired) electrons. The summed E-state index contributed by atoms with van der Waals surface area (Å²) < 4.78 is 0. The van der Waals surface area contributed by atoms with Gasteiger partial charge in [-0.15, -0.1) is 0 Å². The average molecular weight is 171 g/mol. The van der Waals surface area contributed by atoms with Crippen molar-refractivity contribution < 1.29 is 4.92 Å². The van der Waals surface area contributed by atoms with Gasteiger partial charge in [0.25, 0.3) is 0 Å². The van der Waals surface area contributed by atoms with Crippen molar-refractivity contribution in [3.63, 3.8) is 0 Å². The van der Waals surface area contributed by atoms with Crippen LogP contribution in [0.5, 0.6) is 0 Å². The number of nitro groups is 1. The summed E-state index contributed by atoms with van der Waals surface area (Å²) in [6.45, 7) is 3.57. The lowest BCUT2D eigenvalue weighted by molar-refractivity contribution is -0.422. The monoisotopic (exact) mass is 171 g/mol. The highest BCUT2D eigenvalue weighted by Crippen LogP contribution is 2.08. The Balaban J connectivity index is 4.65. The first-order chi connectivity index (χ1) is 5.50. The Hall–Kier alpha value is -1.52. The number of hydrogen-bond acceptors (Lipinski definition) is 4. The Morgan fingerprint density at radius 3 is 2.42 bits per heavy atom. The fourth-order valence-corrected chi connectivity index (χ4v) is 0.607. The van der Waals surface area contributed by atoms with Gasteiger partial charge in [-0.25, -0.2) is 0 Å². The zero-order valence-corrected chi connectivity index (χ0v) is 7.50. The van der Waals surface area contributed by atoms with Gasteiger partial charge in [-0.2, -0.15) is 0 Å². The fourth-order valence-electron chi connectivity index (χ4n) is 0.607. The minimum absolute atomic E-state index is 0.0255. The Morgan fingerprint density at radius 2 is 2.17 bits per heavy atom. The molecule has 5 heteroatoms. The third kappa shape index (κ3) is 2.61. The number of nitrogens with one attached hydrogen (secondary N) is 1. The smallest absolute Gasteiger partial charge is 0.307 e. The summed E-state index contributed by atoms with van der Waals surface area (Å²) in [5, 5.41) is 13.0. The highest BCUT2D eigenvalue weighted by atomic mass is 16.6. The zero-order valence-electron chi connectivity index (χ0n) is 7.50. The van der Waals surface area contributed by atoms with Gasteiger partial charge in [-0.3, -0.25) is 10.1 Å². The second-order valence-corrected chi connectivity index (χ2v) is 2.42. The molecule has 0 aliphatic carbocycles. The van der Waals surface area contributed by atoms with E-state index < -0.39 is 4.92 Å². The highest BCUT2D eigenvalue weighted by Gasteiger charge is 2.15. The van der Waals surface area contributed by atoms with Crippen LogP contribution in [0.4, 0.5) is 0 Å². The van der Waals surface area contributed by atoms with Crippen LogP contribution in [-0.2, 0) is 0 Å². The van der Waals surface area contributed by atoms with Crippen LogP contribution >= 0.6 is 0 Å². The molecule has 0 aromatic carbocycles. The van der Waals surface area contributed by atoms with E-state index in [1.807, 2.05) is 0 Å². The van der Waals surface area contributed by atoms with Crippen molar-refractivity contribution in [1.29, 1.82) is 0 Å². The van der Waals surface area contributed by atoms with Gasteiger partial charge in [0.2, 0.25) is 0 Å². The van der Waals surface area contributed by atoms with E-state index in [1.54, 1.807) is 26.0 Å². The van der Waals surface area contributed by atoms with Crippen LogP contribution in [0.2, 0.25) is 0 Å². The molecule has 0 aromatic rings. The molecule has 0 spiro atoms. The average Bonchev–Trinajstić information content (AvgIpc) is 1.98. The quantitative estimate of drug-likeness (QED) is 0.378. The molecule has 0 amide bonds. The van der Waals surface area contributed by atoms with E-state index in [1.165, 1.54) is 6.20 Å². The highest BCUT2D eigenvalue weighted by molar-refractivity contribution is 5.18. The molecule has 0 fully saturated rings. The van der Waals surface area contributed by atoms with Crippen LogP contribution in [0.1, 0.15) is 0 Å². The molecular weight excluding hydrogens is 158 g/mol. The van der Waals surface area contributed by atoms with E-state index in [4.69, 9.17) is 0 Å². The first-order valence-corrected chi connectivity index (χ1v) is 3.39. The molecule has 0 rings (SSSR count). The topological polar surface area (TPSA) is 58.4 Å². The van der Waals surface area contributed by atoms with E-state index >= 15 is 0 Å². The second-order valence-electron chi connectivity index (χ2n) is 2.42. The van der Waals surface area contributed by atoms with E-state index in [2.05, 4.69) is 11.9 Å². The largest absolute Gasteiger partial charge is 0.388 e. The summed E-state index contributed by atoms with van der Waals surface area (Å²) in [6.07, 6.45) is 1.31. The molecule has 0 aromatic heterocycles. The molecule has 12 heavy (non-hydrogen) atoms. The minimum Gasteiger partial charge on any atom is -0.388 e. The first kappa shape index (κ1) is 10.5. The molecule has 0 saturated carbocycles. The Labute approximate surface area is 71.5 Å². The predicted octanol–water partition coefficient (Wildman–Crippen LogP) is 0.399. The SMILES string of the molecule is C=C(/C(=C\NC)[N+](=O)[O-])N(C)C. The number of likely N-dealkylation sites (N-methyl/N-ethyl adjacent to an activating group) is 1. The summed E-state index contributed by atoms with van der Waals surface area (Å²) in [5.41, 5.74) is 0.344. The van der Waals surface area contributed by atoms with Gasteiger partial charge in [0.15, 0.2) is 0 Å². The lowest BCUT2D eigenvalue weighted by Gasteiger charge is -2.12. The van der Waals surface area contributed by atoms with E-state index in [0.29, 0.717) is 5.70 Å². The zero-order chi connectivity index (χ0) is 9.72. The van der Waals surface area contributed by atoms with Crippen molar-refractivity contribution >= 4 is 0 Å². The molecule has 5 nitrogen and oxygen atoms in total. The maximum absolute atomic E-state index is 10.4. The Morgan fingerprint density at radius 1 is 1.67 bits per heavy atom. The molecule has 0 atom stereocenters. The van der Waals surface area contributed by atoms with Crippen LogP contribution < -0.4 is 5.32 Å². The van der Waals surface area contributed by atoms with Crippen LogP contribution in [0.3, 0.4) is 0 Å². The van der Waals surface area contributed by atoms with Crippen LogP contribution in [0, 0.1) is 10.1 Å². The van der Waals surface area contributed by atoms with Gasteiger partial charge < -0.3 is 10.2 Å². The first-order valence-electron chi connectivity index (χ1n) is 3.39. The lowest BCUT2D eigenvalue weighted by Crippen LogP contribution is -2.17. The van der Waals surface area contributed by atoms with Gasteiger partial charge in [0, 0.05) is 21.1 Å². The fraction of sp³-hybridized carbons (Fsp3) is 0.429. The molecule has 0 saturated heterocycles. The summed E-state index contributed by atoms with van der Waals surface area (Å²) in [7, 11) is 5.01. The number of nitrogens with zero attached hydrogens (tertiary/aromatic N) is 2. The molecule has 0 heterocycles. The van der Waals surface area contributed by atoms with Crippen LogP contribution in [0.15, 0.2) is 24.2 Å². The summed E-state index contributed by atoms with van der Waals surface area (Å²) in [5.74, 6) is 0. The molecule has 0 unspecified atom stereocenters. The lowest BCUT2D eigenvalue weighted by atomic mass is 10.3. The van der Waals surface area contributed by atoms with Gasteiger partial charge >= 0.3 is 5.70 Å². The molecule has 0 aliphatic rings. The Kier molecular flexibility index (Phi) is 3.82. The van der Waals surface area contributed by atoms with Gasteiger partial charge in [0.1, 0.15) is 5.70 Å². The minimum atomic E-state index is -0.473. The van der Waals surface area contributed by atoms with E-state index in [0.717, 1.165) is 0 Å². The van der Waals surface area contributed by atoms with Crippen LogP contribution in [-0.4, -0.2) is 31.0 Å². The standard InChI is InChI=1S/C7H13N3O2/c1-6(9(3)4)7(5-8-2)10(11)12/h5,8H,1H2,2-4H3/b7-5+. The van der Waals surface area contributed by atoms with Crippen LogP contribution in [0.25, 0.3) is 0 Å². The third-order valence-corrected chi connectivity index (χ3v) is 1.31. The van der Waals surface area contributed by atoms with E-state index in [-0.39, 0.29) is 5.70 Å². The van der Waals surface area contributed by atoms with Gasteiger partial charge in [-0.05, 0) is 0 Å². The third-order valence-electron chi connectivity index (χ3n) is 1.31. The summed E-state index contributed by atoms with van der Waals surface area (Å²) >= 11 is 0. The number of rotatable bonds is 4. The van der Waals surface area contributed by atoms with Crippen molar-refractivity contribution in [3.8, 4) is 0 Å². The molecule has 1 N–H and O–H groups in total. The molecule has 68 valence electrons. The van der Waals surface area contributed by atoms with Crippen molar-refractivity contribution in [2.24, 2.45) is 0 Å². The van der Waals surface area contributed by atoms with E-state index in [9.17, 15) is 10.1 Å². The second kappa shape index (κ2) is 4.38. The number of hydrogen-bond donors (Lipinski definition) is 1. The summed E-state index contributed by atoms with van der Waals surface area (Å²) in [6, 6.07) is 0. The van der Waals surface area contributed by atoms with Gasteiger partial charge in [-0.1, -0.05) is 6.58 Å². The maximum Gasteiger partial charge on any atom is 0.307 e. The summed E-state index contributed by atoms with van der Waals surface area (Å²) in [4.78, 5) is 11.6. The molecule has 0 aliphatic heterocycles. The van der Waals surface area contributed by atoms with Crippen molar-refractivity contribution in [2.45, 2.75) is 0 Å². The molecule has 0 bridgehead atoms. The van der Waals surface area contributed by atoms with Crippen molar-refractivity contribution in [1.82, 2.24) is 10.2 Å². The Bertz CT molecular complexity index is 221. The molecular formula is C7H13N3O2.